The number of phenolic OH excluding ortho intramolecular Hbond substituents is 1. The summed E-state index contributed by atoms with van der Waals surface area (Å²) in [6.45, 7) is 4.99. The van der Waals surface area contributed by atoms with Gasteiger partial charge in [-0.25, -0.2) is 0 Å². The van der Waals surface area contributed by atoms with Crippen LogP contribution in [-0.2, 0) is 6.54 Å². The minimum Gasteiger partial charge on any atom is -0.506 e. The number of hydrogen-bond acceptors (Lipinski definition) is 3. The Bertz CT molecular complexity index is 337. The molecule has 0 amide bonds. The summed E-state index contributed by atoms with van der Waals surface area (Å²) in [6.07, 6.45) is 0. The molecule has 4 heteroatoms. The van der Waals surface area contributed by atoms with Crippen LogP contribution in [0.1, 0.15) is 5.56 Å². The Morgan fingerprint density at radius 3 is 2.80 bits per heavy atom. The van der Waals surface area contributed by atoms with Crippen molar-refractivity contribution < 1.29 is 5.11 Å². The number of piperazine rings is 1. The van der Waals surface area contributed by atoms with Gasteiger partial charge in [-0.05, 0) is 22.0 Å². The molecule has 0 aliphatic carbocycles. The lowest BCUT2D eigenvalue weighted by Gasteiger charge is -2.27. The average Bonchev–Trinajstić information content (AvgIpc) is 2.26. The molecular weight excluding hydrogens is 256 g/mol. The van der Waals surface area contributed by atoms with Gasteiger partial charge in [-0.1, -0.05) is 12.1 Å². The van der Waals surface area contributed by atoms with Gasteiger partial charge in [-0.3, -0.25) is 4.90 Å². The second kappa shape index (κ2) is 4.96. The Morgan fingerprint density at radius 1 is 1.33 bits per heavy atom. The summed E-state index contributed by atoms with van der Waals surface area (Å²) in [5.74, 6) is 0.371. The number of para-hydroxylation sites is 1. The molecule has 0 atom stereocenters. The largest absolute Gasteiger partial charge is 0.506 e. The molecule has 1 fully saturated rings. The summed E-state index contributed by atoms with van der Waals surface area (Å²) in [6, 6.07) is 5.79. The zero-order valence-corrected chi connectivity index (χ0v) is 10.1. The second-order valence-electron chi connectivity index (χ2n) is 3.77. The van der Waals surface area contributed by atoms with Gasteiger partial charge in [0.15, 0.2) is 0 Å². The first-order valence-corrected chi connectivity index (χ1v) is 5.96. The Balaban J connectivity index is 2.06. The highest BCUT2D eigenvalue weighted by molar-refractivity contribution is 9.10. The highest BCUT2D eigenvalue weighted by Crippen LogP contribution is 2.28. The van der Waals surface area contributed by atoms with E-state index < -0.39 is 0 Å². The zero-order valence-electron chi connectivity index (χ0n) is 8.54. The van der Waals surface area contributed by atoms with Crippen molar-refractivity contribution in [3.05, 3.63) is 28.2 Å². The number of hydrogen-bond donors (Lipinski definition) is 2. The normalized spacial score (nSPS) is 17.9. The molecular formula is C11H15BrN2O. The molecule has 1 aliphatic rings. The minimum atomic E-state index is 0.371. The number of phenols is 1. The van der Waals surface area contributed by atoms with Gasteiger partial charge in [-0.2, -0.15) is 0 Å². The standard InChI is InChI=1S/C11H15BrN2O/c12-10-3-1-2-9(11(10)15)8-14-6-4-13-5-7-14/h1-3,13,15H,4-8H2. The van der Waals surface area contributed by atoms with E-state index in [1.807, 2.05) is 18.2 Å². The zero-order chi connectivity index (χ0) is 10.7. The molecule has 0 aromatic heterocycles. The van der Waals surface area contributed by atoms with E-state index in [9.17, 15) is 5.11 Å². The number of rotatable bonds is 2. The summed E-state index contributed by atoms with van der Waals surface area (Å²) in [4.78, 5) is 2.35. The van der Waals surface area contributed by atoms with Crippen molar-refractivity contribution in [2.45, 2.75) is 6.54 Å². The predicted molar refractivity (Wildman–Crippen MR) is 64.0 cm³/mol. The fourth-order valence-electron chi connectivity index (χ4n) is 1.80. The highest BCUT2D eigenvalue weighted by Gasteiger charge is 2.12. The molecule has 82 valence electrons. The van der Waals surface area contributed by atoms with Crippen LogP contribution in [0.25, 0.3) is 0 Å². The van der Waals surface area contributed by atoms with E-state index in [1.54, 1.807) is 0 Å². The monoisotopic (exact) mass is 270 g/mol. The molecule has 1 aromatic carbocycles. The van der Waals surface area contributed by atoms with Crippen LogP contribution in [0.15, 0.2) is 22.7 Å². The molecule has 1 aliphatic heterocycles. The Kier molecular flexibility index (Phi) is 3.61. The first-order valence-electron chi connectivity index (χ1n) is 5.17. The molecule has 0 bridgehead atoms. The van der Waals surface area contributed by atoms with Crippen molar-refractivity contribution in [3.63, 3.8) is 0 Å². The van der Waals surface area contributed by atoms with E-state index in [0.717, 1.165) is 42.8 Å². The Morgan fingerprint density at radius 2 is 2.07 bits per heavy atom. The lowest BCUT2D eigenvalue weighted by atomic mass is 10.2. The lowest BCUT2D eigenvalue weighted by molar-refractivity contribution is 0.230. The summed E-state index contributed by atoms with van der Waals surface area (Å²) in [5, 5.41) is 13.2. The van der Waals surface area contributed by atoms with Crippen molar-refractivity contribution >= 4 is 15.9 Å². The third kappa shape index (κ3) is 2.71. The van der Waals surface area contributed by atoms with E-state index >= 15 is 0 Å². The molecule has 0 radical (unpaired) electrons. The van der Waals surface area contributed by atoms with Crippen LogP contribution in [0.3, 0.4) is 0 Å². The first kappa shape index (κ1) is 10.9. The van der Waals surface area contributed by atoms with Crippen molar-refractivity contribution in [2.75, 3.05) is 26.2 Å². The molecule has 1 aromatic rings. The smallest absolute Gasteiger partial charge is 0.134 e. The number of halogens is 1. The van der Waals surface area contributed by atoms with Crippen LogP contribution in [0.5, 0.6) is 5.75 Å². The molecule has 0 saturated carbocycles. The number of aromatic hydroxyl groups is 1. The summed E-state index contributed by atoms with van der Waals surface area (Å²) in [7, 11) is 0. The first-order chi connectivity index (χ1) is 7.27. The molecule has 2 rings (SSSR count). The molecule has 0 unspecified atom stereocenters. The van der Waals surface area contributed by atoms with Crippen molar-refractivity contribution in [3.8, 4) is 5.75 Å². The van der Waals surface area contributed by atoms with Gasteiger partial charge in [0.25, 0.3) is 0 Å². The number of benzene rings is 1. The number of nitrogens with one attached hydrogen (secondary N) is 1. The van der Waals surface area contributed by atoms with E-state index in [2.05, 4.69) is 26.1 Å². The van der Waals surface area contributed by atoms with Gasteiger partial charge in [0.05, 0.1) is 4.47 Å². The van der Waals surface area contributed by atoms with Gasteiger partial charge < -0.3 is 10.4 Å². The maximum absolute atomic E-state index is 9.84. The van der Waals surface area contributed by atoms with E-state index in [1.165, 1.54) is 0 Å². The van der Waals surface area contributed by atoms with Gasteiger partial charge >= 0.3 is 0 Å². The second-order valence-corrected chi connectivity index (χ2v) is 4.63. The number of nitrogens with zero attached hydrogens (tertiary/aromatic N) is 1. The van der Waals surface area contributed by atoms with Crippen molar-refractivity contribution in [1.29, 1.82) is 0 Å². The molecule has 3 nitrogen and oxygen atoms in total. The maximum atomic E-state index is 9.84. The van der Waals surface area contributed by atoms with Crippen LogP contribution in [0, 0.1) is 0 Å². The molecule has 0 spiro atoms. The predicted octanol–water partition coefficient (Wildman–Crippen LogP) is 1.56. The third-order valence-electron chi connectivity index (χ3n) is 2.67. The molecule has 1 saturated heterocycles. The van der Waals surface area contributed by atoms with Gasteiger partial charge in [-0.15, -0.1) is 0 Å². The summed E-state index contributed by atoms with van der Waals surface area (Å²) in [5.41, 5.74) is 0.992. The lowest BCUT2D eigenvalue weighted by Crippen LogP contribution is -2.42. The molecule has 1 heterocycles. The maximum Gasteiger partial charge on any atom is 0.134 e. The summed E-state index contributed by atoms with van der Waals surface area (Å²) < 4.78 is 0.773. The SMILES string of the molecule is Oc1c(Br)cccc1CN1CCNCC1. The van der Waals surface area contributed by atoms with Crippen molar-refractivity contribution in [2.24, 2.45) is 0 Å². The van der Waals surface area contributed by atoms with Crippen LogP contribution in [0.2, 0.25) is 0 Å². The molecule has 2 N–H and O–H groups in total. The van der Waals surface area contributed by atoms with Crippen LogP contribution in [-0.4, -0.2) is 36.2 Å². The molecule has 15 heavy (non-hydrogen) atoms. The van der Waals surface area contributed by atoms with E-state index in [4.69, 9.17) is 0 Å². The van der Waals surface area contributed by atoms with Crippen LogP contribution >= 0.6 is 15.9 Å². The van der Waals surface area contributed by atoms with E-state index in [-0.39, 0.29) is 0 Å². The fraction of sp³-hybridized carbons (Fsp3) is 0.455. The third-order valence-corrected chi connectivity index (χ3v) is 3.31. The average molecular weight is 271 g/mol. The minimum absolute atomic E-state index is 0.371. The van der Waals surface area contributed by atoms with E-state index in [0.29, 0.717) is 5.75 Å². The van der Waals surface area contributed by atoms with Gasteiger partial charge in [0.1, 0.15) is 5.75 Å². The Labute approximate surface area is 98.2 Å². The Hall–Kier alpha value is -0.580. The van der Waals surface area contributed by atoms with Crippen LogP contribution in [0.4, 0.5) is 0 Å². The topological polar surface area (TPSA) is 35.5 Å². The van der Waals surface area contributed by atoms with Gasteiger partial charge in [0.2, 0.25) is 0 Å². The van der Waals surface area contributed by atoms with Crippen molar-refractivity contribution in [1.82, 2.24) is 10.2 Å². The summed E-state index contributed by atoms with van der Waals surface area (Å²) >= 11 is 3.33. The van der Waals surface area contributed by atoms with Crippen LogP contribution < -0.4 is 5.32 Å². The van der Waals surface area contributed by atoms with Gasteiger partial charge in [0, 0.05) is 38.3 Å². The highest BCUT2D eigenvalue weighted by atomic mass is 79.9. The quantitative estimate of drug-likeness (QED) is 0.857. The fourth-order valence-corrected chi connectivity index (χ4v) is 2.21.